The number of carboxylic acids is 1. The van der Waals surface area contributed by atoms with Gasteiger partial charge in [-0.25, -0.2) is 4.79 Å². The molecule has 4 aromatic rings. The molecule has 4 rings (SSSR count). The minimum Gasteiger partial charge on any atom is -0.497 e. The van der Waals surface area contributed by atoms with Gasteiger partial charge in [0.25, 0.3) is 5.22 Å². The summed E-state index contributed by atoms with van der Waals surface area (Å²) in [6.45, 7) is 1.65. The van der Waals surface area contributed by atoms with Gasteiger partial charge in [-0.05, 0) is 41.6 Å². The molecule has 146 valence electrons. The van der Waals surface area contributed by atoms with Crippen LogP contribution in [0.1, 0.15) is 11.5 Å². The average Bonchev–Trinajstić information content (AvgIpc) is 3.31. The van der Waals surface area contributed by atoms with Crippen molar-refractivity contribution in [2.75, 3.05) is 7.11 Å². The van der Waals surface area contributed by atoms with Crippen molar-refractivity contribution in [2.24, 2.45) is 0 Å². The van der Waals surface area contributed by atoms with Gasteiger partial charge in [-0.1, -0.05) is 30.3 Å². The second kappa shape index (κ2) is 7.84. The highest BCUT2D eigenvalue weighted by Crippen LogP contribution is 2.36. The number of aromatic nitrogens is 3. The molecule has 7 nitrogen and oxygen atoms in total. The van der Waals surface area contributed by atoms with Crippen LogP contribution in [0.15, 0.2) is 63.1 Å². The Morgan fingerprint density at radius 2 is 2.00 bits per heavy atom. The molecule has 0 spiro atoms. The number of methoxy groups -OCH3 is 1. The van der Waals surface area contributed by atoms with E-state index < -0.39 is 5.97 Å². The normalized spacial score (nSPS) is 11.7. The number of fused-ring (bicyclic) bond motifs is 1. The number of carbonyl (C=O) groups is 1. The molecule has 29 heavy (non-hydrogen) atoms. The molecular weight excluding hydrogens is 390 g/mol. The Labute approximate surface area is 170 Å². The molecule has 0 aliphatic heterocycles. The lowest BCUT2D eigenvalue weighted by Crippen LogP contribution is -1.97. The summed E-state index contributed by atoms with van der Waals surface area (Å²) in [7, 11) is 1.60. The van der Waals surface area contributed by atoms with Gasteiger partial charge in [-0.15, -0.1) is 10.2 Å². The zero-order chi connectivity index (χ0) is 20.4. The highest BCUT2D eigenvalue weighted by Gasteiger charge is 2.18. The van der Waals surface area contributed by atoms with E-state index in [9.17, 15) is 9.90 Å². The van der Waals surface area contributed by atoms with Crippen LogP contribution in [0.2, 0.25) is 0 Å². The third kappa shape index (κ3) is 3.88. The number of aromatic amines is 1. The van der Waals surface area contributed by atoms with Gasteiger partial charge in [0.15, 0.2) is 0 Å². The number of aryl methyl sites for hydroxylation is 1. The summed E-state index contributed by atoms with van der Waals surface area (Å²) in [6, 6.07) is 15.4. The number of carboxylic acid groups (broad SMARTS) is 1. The Morgan fingerprint density at radius 3 is 2.66 bits per heavy atom. The molecule has 0 saturated carbocycles. The number of benzene rings is 2. The first-order valence-electron chi connectivity index (χ1n) is 8.73. The molecule has 0 aliphatic carbocycles. The largest absolute Gasteiger partial charge is 0.497 e. The average molecular weight is 407 g/mol. The predicted molar refractivity (Wildman–Crippen MR) is 111 cm³/mol. The standard InChI is InChI=1S/C21H17N3O4S/c1-12-23-24-21(28-12)29-18(20(25)26)11-16-15-10-14(27-2)8-9-17(15)22-19(16)13-6-4-3-5-7-13/h3-11,22H,1-2H3,(H,25,26)/b18-11-. The van der Waals surface area contributed by atoms with Crippen molar-refractivity contribution in [3.05, 3.63) is 64.9 Å². The van der Waals surface area contributed by atoms with Gasteiger partial charge in [0.2, 0.25) is 5.89 Å². The molecule has 0 saturated heterocycles. The molecule has 2 aromatic heterocycles. The van der Waals surface area contributed by atoms with Gasteiger partial charge >= 0.3 is 5.97 Å². The zero-order valence-electron chi connectivity index (χ0n) is 15.7. The third-order valence-electron chi connectivity index (χ3n) is 4.30. The molecular formula is C21H17N3O4S. The minimum atomic E-state index is -1.08. The van der Waals surface area contributed by atoms with E-state index in [1.165, 1.54) is 0 Å². The van der Waals surface area contributed by atoms with Crippen molar-refractivity contribution in [1.82, 2.24) is 15.2 Å². The lowest BCUT2D eigenvalue weighted by Gasteiger charge is -2.04. The molecule has 0 aliphatic rings. The Balaban J connectivity index is 1.91. The third-order valence-corrected chi connectivity index (χ3v) is 5.15. The van der Waals surface area contributed by atoms with Crippen LogP contribution in [0.5, 0.6) is 5.75 Å². The van der Waals surface area contributed by atoms with Crippen molar-refractivity contribution in [3.8, 4) is 17.0 Å². The monoisotopic (exact) mass is 407 g/mol. The van der Waals surface area contributed by atoms with Gasteiger partial charge in [-0.2, -0.15) is 0 Å². The molecule has 2 aromatic carbocycles. The SMILES string of the molecule is COc1ccc2[nH]c(-c3ccccc3)c(/C=C(\Sc3nnc(C)o3)C(=O)O)c2c1. The fraction of sp³-hybridized carbons (Fsp3) is 0.0952. The van der Waals surface area contributed by atoms with E-state index in [0.717, 1.165) is 39.5 Å². The lowest BCUT2D eigenvalue weighted by atomic mass is 10.0. The van der Waals surface area contributed by atoms with Crippen LogP contribution in [0.3, 0.4) is 0 Å². The molecule has 2 N–H and O–H groups in total. The van der Waals surface area contributed by atoms with E-state index in [2.05, 4.69) is 15.2 Å². The first-order chi connectivity index (χ1) is 14.0. The second-order valence-corrected chi connectivity index (χ2v) is 7.19. The quantitative estimate of drug-likeness (QED) is 0.351. The van der Waals surface area contributed by atoms with E-state index in [-0.39, 0.29) is 10.1 Å². The molecule has 8 heteroatoms. The van der Waals surface area contributed by atoms with Crippen LogP contribution >= 0.6 is 11.8 Å². The molecule has 0 atom stereocenters. The van der Waals surface area contributed by atoms with Gasteiger partial charge in [0, 0.05) is 23.4 Å². The number of H-pyrrole nitrogens is 1. The molecule has 0 fully saturated rings. The van der Waals surface area contributed by atoms with Crippen LogP contribution in [0, 0.1) is 6.92 Å². The summed E-state index contributed by atoms with van der Waals surface area (Å²) in [5.41, 5.74) is 3.37. The van der Waals surface area contributed by atoms with Crippen molar-refractivity contribution < 1.29 is 19.1 Å². The fourth-order valence-electron chi connectivity index (χ4n) is 2.98. The van der Waals surface area contributed by atoms with Crippen molar-refractivity contribution in [3.63, 3.8) is 0 Å². The number of hydrogen-bond acceptors (Lipinski definition) is 6. The Bertz CT molecular complexity index is 1210. The van der Waals surface area contributed by atoms with Crippen LogP contribution < -0.4 is 4.74 Å². The second-order valence-electron chi connectivity index (χ2n) is 6.19. The number of nitrogens with zero attached hydrogens (tertiary/aromatic N) is 2. The molecule has 0 amide bonds. The maximum atomic E-state index is 11.9. The highest BCUT2D eigenvalue weighted by atomic mass is 32.2. The van der Waals surface area contributed by atoms with E-state index in [1.54, 1.807) is 20.1 Å². The number of aliphatic carboxylic acids is 1. The number of rotatable bonds is 6. The fourth-order valence-corrected chi connectivity index (χ4v) is 3.68. The number of thioether (sulfide) groups is 1. The number of ether oxygens (including phenoxy) is 1. The van der Waals surface area contributed by atoms with Crippen LogP contribution in [0.25, 0.3) is 28.2 Å². The summed E-state index contributed by atoms with van der Waals surface area (Å²) in [6.07, 6.45) is 1.62. The van der Waals surface area contributed by atoms with Gasteiger partial charge in [0.05, 0.1) is 12.8 Å². The topological polar surface area (TPSA) is 101 Å². The lowest BCUT2D eigenvalue weighted by molar-refractivity contribution is -0.131. The predicted octanol–water partition coefficient (Wildman–Crippen LogP) is 4.75. The van der Waals surface area contributed by atoms with E-state index in [0.29, 0.717) is 11.6 Å². The maximum Gasteiger partial charge on any atom is 0.342 e. The molecule has 2 heterocycles. The first kappa shape index (κ1) is 18.8. The van der Waals surface area contributed by atoms with Crippen LogP contribution in [-0.4, -0.2) is 33.4 Å². The Hall–Kier alpha value is -3.52. The molecule has 0 radical (unpaired) electrons. The Morgan fingerprint density at radius 1 is 1.21 bits per heavy atom. The van der Waals surface area contributed by atoms with E-state index >= 15 is 0 Å². The van der Waals surface area contributed by atoms with Gasteiger partial charge in [0.1, 0.15) is 10.7 Å². The minimum absolute atomic E-state index is 0.0644. The Kier molecular flexibility index (Phi) is 5.09. The number of nitrogens with one attached hydrogen (secondary N) is 1. The summed E-state index contributed by atoms with van der Waals surface area (Å²) in [5, 5.41) is 18.4. The van der Waals surface area contributed by atoms with E-state index in [1.807, 2.05) is 48.5 Å². The van der Waals surface area contributed by atoms with Crippen molar-refractivity contribution >= 4 is 34.7 Å². The van der Waals surface area contributed by atoms with Crippen LogP contribution in [-0.2, 0) is 4.79 Å². The van der Waals surface area contributed by atoms with Gasteiger partial charge < -0.3 is 19.2 Å². The van der Waals surface area contributed by atoms with Crippen molar-refractivity contribution in [1.29, 1.82) is 0 Å². The number of hydrogen-bond donors (Lipinski definition) is 2. The summed E-state index contributed by atoms with van der Waals surface area (Å²) >= 11 is 0.914. The summed E-state index contributed by atoms with van der Waals surface area (Å²) in [5.74, 6) is -0.0241. The smallest absolute Gasteiger partial charge is 0.342 e. The maximum absolute atomic E-state index is 11.9. The highest BCUT2D eigenvalue weighted by molar-refractivity contribution is 8.03. The first-order valence-corrected chi connectivity index (χ1v) is 9.55. The summed E-state index contributed by atoms with van der Waals surface area (Å²) < 4.78 is 10.7. The van der Waals surface area contributed by atoms with Gasteiger partial charge in [-0.3, -0.25) is 0 Å². The summed E-state index contributed by atoms with van der Waals surface area (Å²) in [4.78, 5) is 15.4. The molecule has 0 bridgehead atoms. The zero-order valence-corrected chi connectivity index (χ0v) is 16.5. The van der Waals surface area contributed by atoms with Crippen molar-refractivity contribution in [2.45, 2.75) is 12.1 Å². The molecule has 0 unspecified atom stereocenters. The van der Waals surface area contributed by atoms with E-state index in [4.69, 9.17) is 9.15 Å². The van der Waals surface area contributed by atoms with Crippen LogP contribution in [0.4, 0.5) is 0 Å².